The van der Waals surface area contributed by atoms with Gasteiger partial charge < -0.3 is 10.1 Å². The second kappa shape index (κ2) is 8.73. The van der Waals surface area contributed by atoms with Crippen molar-refractivity contribution in [3.05, 3.63) is 94.1 Å². The van der Waals surface area contributed by atoms with Crippen LogP contribution in [0.3, 0.4) is 0 Å². The van der Waals surface area contributed by atoms with Gasteiger partial charge in [-0.3, -0.25) is 4.79 Å². The lowest BCUT2D eigenvalue weighted by molar-refractivity contribution is -0.139. The van der Waals surface area contributed by atoms with Crippen LogP contribution in [0.5, 0.6) is 0 Å². The summed E-state index contributed by atoms with van der Waals surface area (Å²) >= 11 is 0. The SMILES string of the molecule is CC1=C(C(=O)OCCc2ccccc2)C(c2cccc(F)c2)C2=C(CC(C)(C)CC2=O)N1. The highest BCUT2D eigenvalue weighted by molar-refractivity contribution is 6.04. The number of dihydropyridines is 1. The second-order valence-electron chi connectivity index (χ2n) is 9.36. The molecule has 0 spiro atoms. The Morgan fingerprint density at radius 3 is 2.59 bits per heavy atom. The summed E-state index contributed by atoms with van der Waals surface area (Å²) in [7, 11) is 0. The number of rotatable bonds is 5. The second-order valence-corrected chi connectivity index (χ2v) is 9.36. The molecule has 2 aromatic carbocycles. The summed E-state index contributed by atoms with van der Waals surface area (Å²) in [6, 6.07) is 15.9. The Morgan fingerprint density at radius 2 is 1.88 bits per heavy atom. The van der Waals surface area contributed by atoms with Gasteiger partial charge in [-0.05, 0) is 42.0 Å². The van der Waals surface area contributed by atoms with Crippen molar-refractivity contribution >= 4 is 11.8 Å². The lowest BCUT2D eigenvalue weighted by Crippen LogP contribution is -2.38. The highest BCUT2D eigenvalue weighted by Crippen LogP contribution is 2.46. The van der Waals surface area contributed by atoms with E-state index in [1.807, 2.05) is 37.3 Å². The molecule has 0 saturated carbocycles. The van der Waals surface area contributed by atoms with Crippen LogP contribution < -0.4 is 5.32 Å². The molecule has 2 aromatic rings. The van der Waals surface area contributed by atoms with Crippen LogP contribution in [-0.2, 0) is 20.7 Å². The molecule has 1 N–H and O–H groups in total. The fourth-order valence-corrected chi connectivity index (χ4v) is 4.71. The van der Waals surface area contributed by atoms with Crippen molar-refractivity contribution in [1.82, 2.24) is 5.32 Å². The van der Waals surface area contributed by atoms with Gasteiger partial charge in [0, 0.05) is 35.7 Å². The van der Waals surface area contributed by atoms with E-state index in [-0.39, 0.29) is 17.8 Å². The molecule has 0 fully saturated rings. The fourth-order valence-electron chi connectivity index (χ4n) is 4.71. The average molecular weight is 434 g/mol. The molecule has 1 atom stereocenters. The van der Waals surface area contributed by atoms with Gasteiger partial charge in [0.2, 0.25) is 0 Å². The molecule has 5 heteroatoms. The van der Waals surface area contributed by atoms with Gasteiger partial charge in [-0.15, -0.1) is 0 Å². The van der Waals surface area contributed by atoms with Gasteiger partial charge in [0.1, 0.15) is 5.82 Å². The quantitative estimate of drug-likeness (QED) is 0.657. The van der Waals surface area contributed by atoms with Crippen LogP contribution in [0, 0.1) is 11.2 Å². The number of esters is 1. The van der Waals surface area contributed by atoms with Gasteiger partial charge in [-0.25, -0.2) is 9.18 Å². The van der Waals surface area contributed by atoms with Crippen molar-refractivity contribution in [3.8, 4) is 0 Å². The van der Waals surface area contributed by atoms with Crippen LogP contribution in [-0.4, -0.2) is 18.4 Å². The van der Waals surface area contributed by atoms with Crippen molar-refractivity contribution < 1.29 is 18.7 Å². The third-order valence-electron chi connectivity index (χ3n) is 6.11. The summed E-state index contributed by atoms with van der Waals surface area (Å²) in [4.78, 5) is 26.4. The largest absolute Gasteiger partial charge is 0.462 e. The summed E-state index contributed by atoms with van der Waals surface area (Å²) in [6.45, 7) is 6.15. The molecule has 0 bridgehead atoms. The van der Waals surface area contributed by atoms with E-state index in [2.05, 4.69) is 19.2 Å². The minimum Gasteiger partial charge on any atom is -0.462 e. The van der Waals surface area contributed by atoms with Gasteiger partial charge >= 0.3 is 5.97 Å². The monoisotopic (exact) mass is 433 g/mol. The van der Waals surface area contributed by atoms with Crippen molar-refractivity contribution in [3.63, 3.8) is 0 Å². The van der Waals surface area contributed by atoms with Crippen LogP contribution in [0.1, 0.15) is 50.7 Å². The number of hydrogen-bond acceptors (Lipinski definition) is 4. The highest BCUT2D eigenvalue weighted by atomic mass is 19.1. The first-order chi connectivity index (χ1) is 15.2. The van der Waals surface area contributed by atoms with E-state index in [0.29, 0.717) is 41.7 Å². The predicted molar refractivity (Wildman–Crippen MR) is 121 cm³/mol. The summed E-state index contributed by atoms with van der Waals surface area (Å²) in [5, 5.41) is 3.30. The molecular formula is C27H28FNO3. The maximum atomic E-state index is 14.1. The Morgan fingerprint density at radius 1 is 1.12 bits per heavy atom. The first-order valence-electron chi connectivity index (χ1n) is 11.0. The van der Waals surface area contributed by atoms with Crippen molar-refractivity contribution in [2.24, 2.45) is 5.41 Å². The Kier molecular flexibility index (Phi) is 6.00. The van der Waals surface area contributed by atoms with E-state index in [0.717, 1.165) is 11.3 Å². The zero-order valence-electron chi connectivity index (χ0n) is 18.7. The number of halogens is 1. The topological polar surface area (TPSA) is 55.4 Å². The molecule has 4 nitrogen and oxygen atoms in total. The lowest BCUT2D eigenvalue weighted by Gasteiger charge is -2.39. The molecule has 1 aliphatic carbocycles. The van der Waals surface area contributed by atoms with Crippen LogP contribution in [0.2, 0.25) is 0 Å². The molecule has 2 aliphatic rings. The van der Waals surface area contributed by atoms with Gasteiger partial charge in [-0.2, -0.15) is 0 Å². The summed E-state index contributed by atoms with van der Waals surface area (Å²) in [5.41, 5.74) is 3.87. The number of carbonyl (C=O) groups is 2. The van der Waals surface area contributed by atoms with E-state index in [4.69, 9.17) is 4.74 Å². The molecule has 1 unspecified atom stereocenters. The normalized spacial score (nSPS) is 20.0. The number of ether oxygens (including phenoxy) is 1. The standard InChI is InChI=1S/C27H28FNO3/c1-17-23(26(31)32-13-12-18-8-5-4-6-9-18)24(19-10-7-11-20(28)14-19)25-21(29-17)15-27(2,3)16-22(25)30/h4-11,14,24,29H,12-13,15-16H2,1-3H3. The minimum absolute atomic E-state index is 0.0138. The molecule has 1 heterocycles. The van der Waals surface area contributed by atoms with Crippen LogP contribution in [0.25, 0.3) is 0 Å². The molecule has 0 saturated heterocycles. The Labute approximate surface area is 188 Å². The first-order valence-corrected chi connectivity index (χ1v) is 11.0. The first kappa shape index (κ1) is 22.0. The number of hydrogen-bond donors (Lipinski definition) is 1. The minimum atomic E-state index is -0.644. The van der Waals surface area contributed by atoms with E-state index in [1.165, 1.54) is 12.1 Å². The Bertz CT molecular complexity index is 1110. The fraction of sp³-hybridized carbons (Fsp3) is 0.333. The number of Topliss-reactive ketones (excluding diaryl/α,β-unsaturated/α-hetero) is 1. The lowest BCUT2D eigenvalue weighted by atomic mass is 9.68. The number of ketones is 1. The number of nitrogens with one attached hydrogen (secondary N) is 1. The molecule has 0 aromatic heterocycles. The average Bonchev–Trinajstić information content (AvgIpc) is 2.72. The van der Waals surface area contributed by atoms with E-state index in [9.17, 15) is 14.0 Å². The molecule has 32 heavy (non-hydrogen) atoms. The van der Waals surface area contributed by atoms with Crippen LogP contribution >= 0.6 is 0 Å². The Hall–Kier alpha value is -3.21. The molecule has 0 amide bonds. The highest BCUT2D eigenvalue weighted by Gasteiger charge is 2.43. The zero-order valence-corrected chi connectivity index (χ0v) is 18.7. The van der Waals surface area contributed by atoms with Crippen molar-refractivity contribution in [2.45, 2.75) is 46.0 Å². The molecule has 4 rings (SSSR count). The van der Waals surface area contributed by atoms with Crippen LogP contribution in [0.15, 0.2) is 77.1 Å². The number of carbonyl (C=O) groups excluding carboxylic acids is 2. The number of benzene rings is 2. The van der Waals surface area contributed by atoms with Gasteiger partial charge in [0.25, 0.3) is 0 Å². The third-order valence-corrected chi connectivity index (χ3v) is 6.11. The van der Waals surface area contributed by atoms with Gasteiger partial charge in [-0.1, -0.05) is 56.3 Å². The van der Waals surface area contributed by atoms with E-state index in [1.54, 1.807) is 12.1 Å². The summed E-state index contributed by atoms with van der Waals surface area (Å²) < 4.78 is 19.8. The maximum Gasteiger partial charge on any atom is 0.336 e. The predicted octanol–water partition coefficient (Wildman–Crippen LogP) is 5.22. The summed E-state index contributed by atoms with van der Waals surface area (Å²) in [6.07, 6.45) is 1.67. The molecule has 1 aliphatic heterocycles. The molecule has 0 radical (unpaired) electrons. The van der Waals surface area contributed by atoms with Crippen molar-refractivity contribution in [1.29, 1.82) is 0 Å². The molecular weight excluding hydrogens is 405 g/mol. The smallest absolute Gasteiger partial charge is 0.336 e. The van der Waals surface area contributed by atoms with E-state index < -0.39 is 17.7 Å². The zero-order chi connectivity index (χ0) is 22.9. The number of allylic oxidation sites excluding steroid dienone is 3. The van der Waals surface area contributed by atoms with Crippen LogP contribution in [0.4, 0.5) is 4.39 Å². The van der Waals surface area contributed by atoms with E-state index >= 15 is 0 Å². The maximum absolute atomic E-state index is 14.1. The Balaban J connectivity index is 1.67. The molecule has 166 valence electrons. The van der Waals surface area contributed by atoms with Gasteiger partial charge in [0.15, 0.2) is 5.78 Å². The summed E-state index contributed by atoms with van der Waals surface area (Å²) in [5.74, 6) is -1.54. The van der Waals surface area contributed by atoms with Crippen molar-refractivity contribution in [2.75, 3.05) is 6.61 Å². The van der Waals surface area contributed by atoms with Gasteiger partial charge in [0.05, 0.1) is 12.2 Å². The third kappa shape index (κ3) is 4.52.